The average molecular weight is 328 g/mol. The molecule has 1 aliphatic carbocycles. The topological polar surface area (TPSA) is 17.8 Å². The smallest absolute Gasteiger partial charge is 0.127 e. The fourth-order valence-corrected chi connectivity index (χ4v) is 2.85. The van der Waals surface area contributed by atoms with Crippen LogP contribution >= 0.6 is 27.5 Å². The number of hydrogen-bond acceptors (Lipinski definition) is 1. The predicted molar refractivity (Wildman–Crippen MR) is 79.0 cm³/mol. The normalized spacial score (nSPS) is 19.1. The molecule has 1 fully saturated rings. The summed E-state index contributed by atoms with van der Waals surface area (Å²) in [5.41, 5.74) is 2.65. The summed E-state index contributed by atoms with van der Waals surface area (Å²) in [6.07, 6.45) is 2.60. The van der Waals surface area contributed by atoms with Gasteiger partial charge in [-0.1, -0.05) is 22.9 Å². The molecular weight excluding hydrogens is 312 g/mol. The first kappa shape index (κ1) is 12.5. The van der Waals surface area contributed by atoms with Gasteiger partial charge in [0.05, 0.1) is 16.4 Å². The van der Waals surface area contributed by atoms with Crippen molar-refractivity contribution < 1.29 is 0 Å². The molecule has 18 heavy (non-hydrogen) atoms. The van der Waals surface area contributed by atoms with Gasteiger partial charge in [0.1, 0.15) is 5.82 Å². The van der Waals surface area contributed by atoms with Crippen molar-refractivity contribution in [1.29, 1.82) is 0 Å². The predicted octanol–water partition coefficient (Wildman–Crippen LogP) is 4.90. The Bertz CT molecular complexity index is 599. The Kier molecular flexibility index (Phi) is 2.94. The van der Waals surface area contributed by atoms with E-state index in [4.69, 9.17) is 11.6 Å². The molecule has 0 saturated heterocycles. The summed E-state index contributed by atoms with van der Waals surface area (Å²) in [5, 5.41) is -0.0569. The highest BCUT2D eigenvalue weighted by Crippen LogP contribution is 2.47. The average Bonchev–Trinajstić information content (AvgIpc) is 2.92. The van der Waals surface area contributed by atoms with E-state index in [1.165, 1.54) is 18.4 Å². The maximum atomic E-state index is 6.27. The molecule has 0 radical (unpaired) electrons. The van der Waals surface area contributed by atoms with Crippen LogP contribution in [0.4, 0.5) is 0 Å². The highest BCUT2D eigenvalue weighted by molar-refractivity contribution is 9.10. The molecule has 0 amide bonds. The van der Waals surface area contributed by atoms with E-state index >= 15 is 0 Å². The van der Waals surface area contributed by atoms with Crippen molar-refractivity contribution in [2.24, 2.45) is 5.41 Å². The van der Waals surface area contributed by atoms with E-state index in [-0.39, 0.29) is 5.38 Å². The summed E-state index contributed by atoms with van der Waals surface area (Å²) in [6.45, 7) is 5.34. The molecule has 0 N–H and O–H groups in total. The number of benzene rings is 1. The summed E-state index contributed by atoms with van der Waals surface area (Å²) in [7, 11) is 0. The zero-order valence-electron chi connectivity index (χ0n) is 10.6. The molecule has 1 heterocycles. The van der Waals surface area contributed by atoms with Crippen molar-refractivity contribution in [1.82, 2.24) is 9.55 Å². The number of rotatable bonds is 3. The minimum atomic E-state index is -0.0569. The van der Waals surface area contributed by atoms with Crippen LogP contribution in [0.3, 0.4) is 0 Å². The molecule has 2 aromatic rings. The van der Waals surface area contributed by atoms with Gasteiger partial charge in [-0.05, 0) is 43.4 Å². The highest BCUT2D eigenvalue weighted by atomic mass is 79.9. The first-order valence-corrected chi connectivity index (χ1v) is 7.51. The van der Waals surface area contributed by atoms with Crippen LogP contribution < -0.4 is 0 Å². The third-order valence-corrected chi connectivity index (χ3v) is 4.43. The van der Waals surface area contributed by atoms with Gasteiger partial charge >= 0.3 is 0 Å². The molecule has 0 bridgehead atoms. The molecule has 1 atom stereocenters. The lowest BCUT2D eigenvalue weighted by molar-refractivity contribution is 0.461. The van der Waals surface area contributed by atoms with Crippen LogP contribution in [0.15, 0.2) is 22.7 Å². The van der Waals surface area contributed by atoms with Crippen LogP contribution in [-0.2, 0) is 6.54 Å². The van der Waals surface area contributed by atoms with E-state index in [0.29, 0.717) is 5.41 Å². The maximum Gasteiger partial charge on any atom is 0.127 e. The van der Waals surface area contributed by atoms with E-state index < -0.39 is 0 Å². The molecule has 2 nitrogen and oxygen atoms in total. The molecule has 1 unspecified atom stereocenters. The van der Waals surface area contributed by atoms with Crippen LogP contribution in [0.1, 0.15) is 37.9 Å². The third kappa shape index (κ3) is 2.19. The van der Waals surface area contributed by atoms with Gasteiger partial charge in [0.15, 0.2) is 0 Å². The summed E-state index contributed by atoms with van der Waals surface area (Å²) in [5.74, 6) is 0.984. The fourth-order valence-electron chi connectivity index (χ4n) is 2.34. The standard InChI is InChI=1S/C14H16BrClN2/c1-9(16)13-17-11-4-3-10(15)7-12(11)18(13)8-14(2)5-6-14/h3-4,7,9H,5-6,8H2,1-2H3. The van der Waals surface area contributed by atoms with Crippen LogP contribution in [0.2, 0.25) is 0 Å². The van der Waals surface area contributed by atoms with Crippen molar-refractivity contribution >= 4 is 38.6 Å². The summed E-state index contributed by atoms with van der Waals surface area (Å²) >= 11 is 9.81. The van der Waals surface area contributed by atoms with E-state index in [1.54, 1.807) is 0 Å². The van der Waals surface area contributed by atoms with Crippen molar-refractivity contribution in [3.8, 4) is 0 Å². The second-order valence-corrected chi connectivity index (χ2v) is 7.19. The molecular formula is C14H16BrClN2. The molecule has 0 spiro atoms. The molecule has 1 aromatic carbocycles. The first-order chi connectivity index (χ1) is 8.48. The number of imidazole rings is 1. The third-order valence-electron chi connectivity index (χ3n) is 3.74. The number of halogens is 2. The highest BCUT2D eigenvalue weighted by Gasteiger charge is 2.38. The SMILES string of the molecule is CC(Cl)c1nc2ccc(Br)cc2n1CC1(C)CC1. The Hall–Kier alpha value is -0.540. The quantitative estimate of drug-likeness (QED) is 0.733. The van der Waals surface area contributed by atoms with Crippen LogP contribution in [0.5, 0.6) is 0 Å². The number of aromatic nitrogens is 2. The van der Waals surface area contributed by atoms with Crippen LogP contribution in [0, 0.1) is 5.41 Å². The van der Waals surface area contributed by atoms with Gasteiger partial charge in [0.25, 0.3) is 0 Å². The Morgan fingerprint density at radius 3 is 2.83 bits per heavy atom. The molecule has 3 rings (SSSR count). The van der Waals surface area contributed by atoms with Crippen LogP contribution in [0.25, 0.3) is 11.0 Å². The van der Waals surface area contributed by atoms with Gasteiger partial charge in [-0.3, -0.25) is 0 Å². The van der Waals surface area contributed by atoms with Gasteiger partial charge in [-0.15, -0.1) is 11.6 Å². The van der Waals surface area contributed by atoms with E-state index in [1.807, 2.05) is 19.1 Å². The summed E-state index contributed by atoms with van der Waals surface area (Å²) < 4.78 is 3.39. The Balaban J connectivity index is 2.16. The fraction of sp³-hybridized carbons (Fsp3) is 0.500. The lowest BCUT2D eigenvalue weighted by Gasteiger charge is -2.15. The molecule has 1 aromatic heterocycles. The van der Waals surface area contributed by atoms with Crippen molar-refractivity contribution in [3.63, 3.8) is 0 Å². The van der Waals surface area contributed by atoms with Gasteiger partial charge < -0.3 is 4.57 Å². The Labute approximate surface area is 120 Å². The monoisotopic (exact) mass is 326 g/mol. The zero-order chi connectivity index (χ0) is 12.9. The Morgan fingerprint density at radius 1 is 1.50 bits per heavy atom. The van der Waals surface area contributed by atoms with Gasteiger partial charge in [0, 0.05) is 11.0 Å². The summed E-state index contributed by atoms with van der Waals surface area (Å²) in [6, 6.07) is 6.21. The lowest BCUT2D eigenvalue weighted by atomic mass is 10.1. The van der Waals surface area contributed by atoms with E-state index in [0.717, 1.165) is 22.4 Å². The van der Waals surface area contributed by atoms with Gasteiger partial charge in [-0.2, -0.15) is 0 Å². The number of nitrogens with zero attached hydrogens (tertiary/aromatic N) is 2. The van der Waals surface area contributed by atoms with Gasteiger partial charge in [-0.25, -0.2) is 4.98 Å². The van der Waals surface area contributed by atoms with E-state index in [9.17, 15) is 0 Å². The van der Waals surface area contributed by atoms with Crippen LogP contribution in [-0.4, -0.2) is 9.55 Å². The molecule has 96 valence electrons. The molecule has 0 aliphatic heterocycles. The minimum absolute atomic E-state index is 0.0569. The maximum absolute atomic E-state index is 6.27. The van der Waals surface area contributed by atoms with Crippen molar-refractivity contribution in [2.45, 2.75) is 38.6 Å². The minimum Gasteiger partial charge on any atom is -0.326 e. The van der Waals surface area contributed by atoms with Crippen molar-refractivity contribution in [3.05, 3.63) is 28.5 Å². The Morgan fingerprint density at radius 2 is 2.22 bits per heavy atom. The number of fused-ring (bicyclic) bond motifs is 1. The van der Waals surface area contributed by atoms with Crippen molar-refractivity contribution in [2.75, 3.05) is 0 Å². The lowest BCUT2D eigenvalue weighted by Crippen LogP contribution is -2.11. The number of alkyl halides is 1. The molecule has 1 aliphatic rings. The molecule has 1 saturated carbocycles. The second kappa shape index (κ2) is 4.24. The summed E-state index contributed by atoms with van der Waals surface area (Å²) in [4.78, 5) is 4.68. The number of hydrogen-bond donors (Lipinski definition) is 0. The van der Waals surface area contributed by atoms with E-state index in [2.05, 4.69) is 38.5 Å². The second-order valence-electron chi connectivity index (χ2n) is 5.62. The van der Waals surface area contributed by atoms with Gasteiger partial charge in [0.2, 0.25) is 0 Å². The first-order valence-electron chi connectivity index (χ1n) is 6.28. The molecule has 4 heteroatoms. The largest absolute Gasteiger partial charge is 0.326 e. The zero-order valence-corrected chi connectivity index (χ0v) is 12.9.